The predicted octanol–water partition coefficient (Wildman–Crippen LogP) is 1.77. The zero-order valence-electron chi connectivity index (χ0n) is 10.9. The third-order valence-electron chi connectivity index (χ3n) is 1.96. The van der Waals surface area contributed by atoms with E-state index in [1.165, 1.54) is 4.68 Å². The molecule has 1 heterocycles. The summed E-state index contributed by atoms with van der Waals surface area (Å²) in [4.78, 5) is 10.7. The Morgan fingerprint density at radius 3 is 2.37 bits per heavy atom. The Morgan fingerprint density at radius 1 is 1.32 bits per heavy atom. The minimum Gasteiger partial charge on any atom is -0.476 e. The summed E-state index contributed by atoms with van der Waals surface area (Å²) >= 11 is 0. The van der Waals surface area contributed by atoms with Crippen molar-refractivity contribution in [3.05, 3.63) is 56.6 Å². The normalized spacial score (nSPS) is 8.05. The molecule has 2 rings (SSSR count). The Labute approximate surface area is 160 Å². The molecule has 0 atom stereocenters. The monoisotopic (exact) mass is 707 g/mol. The van der Waals surface area contributed by atoms with Crippen LogP contribution in [-0.2, 0) is 0 Å². The molecule has 7 heteroatoms. The van der Waals surface area contributed by atoms with Crippen LogP contribution < -0.4 is 0 Å². The molecule has 2 aromatic rings. The molecule has 1 N–H and O–H groups in total. The van der Waals surface area contributed by atoms with Gasteiger partial charge in [-0.15, -0.1) is 5.10 Å². The van der Waals surface area contributed by atoms with E-state index in [2.05, 4.69) is 22.4 Å². The van der Waals surface area contributed by atoms with Crippen molar-refractivity contribution in [1.29, 1.82) is 0 Å². The van der Waals surface area contributed by atoms with Crippen molar-refractivity contribution in [3.63, 3.8) is 0 Å². The van der Waals surface area contributed by atoms with Gasteiger partial charge in [-0.2, -0.15) is 5.69 Å². The molecule has 0 aliphatic carbocycles. The molecule has 0 bridgehead atoms. The number of hydrogen-bond acceptors (Lipinski definition) is 3. The van der Waals surface area contributed by atoms with E-state index >= 15 is 0 Å². The molecule has 0 fully saturated rings. The molecule has 0 unspecified atom stereocenters. The molecule has 0 saturated carbocycles. The average molecular weight is 707 g/mol. The zero-order chi connectivity index (χ0) is 10.8. The van der Waals surface area contributed by atoms with E-state index in [0.717, 1.165) is 0 Å². The van der Waals surface area contributed by atoms with Gasteiger partial charge in [-0.05, 0) is 6.92 Å². The third kappa shape index (κ3) is 5.44. The van der Waals surface area contributed by atoms with E-state index in [1.807, 2.05) is 0 Å². The molecule has 0 saturated heterocycles. The van der Waals surface area contributed by atoms with Crippen LogP contribution in [-0.4, -0.2) is 26.1 Å². The molecule has 0 amide bonds. The maximum absolute atomic E-state index is 10.7. The summed E-state index contributed by atoms with van der Waals surface area (Å²) < 4.78 is 1.42. The number of carboxylic acid groups (broad SMARTS) is 1. The minimum absolute atomic E-state index is 0. The molecule has 19 heavy (non-hydrogen) atoms. The van der Waals surface area contributed by atoms with E-state index in [4.69, 9.17) is 5.11 Å². The van der Waals surface area contributed by atoms with E-state index in [-0.39, 0.29) is 82.8 Å². The molecular formula is C12H13N3O2U2. The van der Waals surface area contributed by atoms with Crippen LogP contribution in [0.5, 0.6) is 0 Å². The number of rotatable bonds is 2. The maximum Gasteiger partial charge on any atom is 2.00 e. The van der Waals surface area contributed by atoms with Gasteiger partial charge in [-0.25, -0.2) is 4.79 Å². The molecule has 96 valence electrons. The maximum atomic E-state index is 10.7. The third-order valence-corrected chi connectivity index (χ3v) is 1.96. The second kappa shape index (κ2) is 10.7. The van der Waals surface area contributed by atoms with Crippen molar-refractivity contribution in [1.82, 2.24) is 15.0 Å². The standard InChI is InChI=1S/C10H7N3O2.2CH3.2U/c1-7-9(10(14)15)11-12-13(7)8-5-3-2-4-6-8;;;;/h2-3,6H,1H3,(H,14,15);2*1H3;;/q-2;2*-1;2*+2. The first-order valence-corrected chi connectivity index (χ1v) is 4.24. The first-order chi connectivity index (χ1) is 7.20. The van der Waals surface area contributed by atoms with Crippen molar-refractivity contribution in [3.8, 4) is 5.69 Å². The summed E-state index contributed by atoms with van der Waals surface area (Å²) in [7, 11) is 0. The van der Waals surface area contributed by atoms with Gasteiger partial charge in [-0.1, -0.05) is 5.21 Å². The first kappa shape index (κ1) is 24.0. The van der Waals surface area contributed by atoms with Crippen LogP contribution in [0.3, 0.4) is 0 Å². The SMILES string of the molecule is Cc1c(C(=O)O)nnn1-c1[c-]cc[c-]c1.[CH3-].[CH3-].[U+2].[U+2]. The van der Waals surface area contributed by atoms with Crippen molar-refractivity contribution >= 4 is 5.97 Å². The van der Waals surface area contributed by atoms with Gasteiger partial charge in [-0.3, -0.25) is 28.9 Å². The summed E-state index contributed by atoms with van der Waals surface area (Å²) in [5.74, 6) is -1.08. The molecule has 0 spiro atoms. The number of hydrogen-bond donors (Lipinski definition) is 1. The number of benzene rings is 1. The Kier molecular flexibility index (Phi) is 13.5. The fourth-order valence-electron chi connectivity index (χ4n) is 1.22. The smallest absolute Gasteiger partial charge is 0.476 e. The summed E-state index contributed by atoms with van der Waals surface area (Å²) in [6, 6.07) is 10.8. The number of aromatic nitrogens is 3. The Morgan fingerprint density at radius 2 is 1.95 bits per heavy atom. The Balaban J connectivity index is -0.000000640. The molecule has 0 radical (unpaired) electrons. The van der Waals surface area contributed by atoms with E-state index in [1.54, 1.807) is 25.1 Å². The topological polar surface area (TPSA) is 68.0 Å². The molecule has 1 aromatic heterocycles. The summed E-state index contributed by atoms with van der Waals surface area (Å²) in [5.41, 5.74) is 1.04. The fraction of sp³-hybridized carbons (Fsp3) is 0.0833. The molecule has 0 aliphatic rings. The predicted molar refractivity (Wildman–Crippen MR) is 63.6 cm³/mol. The zero-order valence-corrected chi connectivity index (χ0v) is 19.3. The van der Waals surface area contributed by atoms with Gasteiger partial charge in [0.1, 0.15) is 0 Å². The van der Waals surface area contributed by atoms with Gasteiger partial charge in [0.2, 0.25) is 0 Å². The average Bonchev–Trinajstić information content (AvgIpc) is 2.61. The van der Waals surface area contributed by atoms with Crippen LogP contribution in [0.1, 0.15) is 16.2 Å². The summed E-state index contributed by atoms with van der Waals surface area (Å²) in [6.07, 6.45) is 0. The van der Waals surface area contributed by atoms with Gasteiger partial charge in [0.15, 0.2) is 5.69 Å². The fourth-order valence-corrected chi connectivity index (χ4v) is 1.22. The van der Waals surface area contributed by atoms with Crippen molar-refractivity contribution in [2.45, 2.75) is 6.92 Å². The van der Waals surface area contributed by atoms with E-state index < -0.39 is 5.97 Å². The second-order valence-corrected chi connectivity index (χ2v) is 2.91. The number of carboxylic acids is 1. The van der Waals surface area contributed by atoms with Gasteiger partial charge in [0, 0.05) is 0 Å². The van der Waals surface area contributed by atoms with Crippen molar-refractivity contribution < 1.29 is 72.1 Å². The van der Waals surface area contributed by atoms with E-state index in [0.29, 0.717) is 11.4 Å². The van der Waals surface area contributed by atoms with Gasteiger partial charge >= 0.3 is 68.2 Å². The number of carbonyl (C=O) groups is 1. The number of aromatic carboxylic acids is 1. The molecule has 5 nitrogen and oxygen atoms in total. The number of nitrogens with zero attached hydrogens (tertiary/aromatic N) is 3. The largest absolute Gasteiger partial charge is 2.00 e. The van der Waals surface area contributed by atoms with Crippen LogP contribution >= 0.6 is 0 Å². The van der Waals surface area contributed by atoms with Gasteiger partial charge < -0.3 is 26.0 Å². The van der Waals surface area contributed by atoms with Crippen LogP contribution in [0.15, 0.2) is 18.2 Å². The van der Waals surface area contributed by atoms with Crippen molar-refractivity contribution in [2.24, 2.45) is 0 Å². The van der Waals surface area contributed by atoms with Crippen LogP contribution in [0, 0.1) is 96.1 Å². The Hall–Kier alpha value is -0.0661. The quantitative estimate of drug-likeness (QED) is 0.484. The second-order valence-electron chi connectivity index (χ2n) is 2.91. The van der Waals surface area contributed by atoms with Crippen molar-refractivity contribution in [2.75, 3.05) is 0 Å². The van der Waals surface area contributed by atoms with Gasteiger partial charge in [0.25, 0.3) is 0 Å². The van der Waals surface area contributed by atoms with E-state index in [9.17, 15) is 4.79 Å². The minimum atomic E-state index is -1.08. The van der Waals surface area contributed by atoms with Crippen LogP contribution in [0.2, 0.25) is 0 Å². The first-order valence-electron chi connectivity index (χ1n) is 4.24. The van der Waals surface area contributed by atoms with Crippen LogP contribution in [0.4, 0.5) is 0 Å². The Bertz CT molecular complexity index is 501. The van der Waals surface area contributed by atoms with Crippen LogP contribution in [0.25, 0.3) is 5.69 Å². The van der Waals surface area contributed by atoms with Gasteiger partial charge in [0.05, 0.1) is 5.69 Å². The molecule has 1 aromatic carbocycles. The molecular weight excluding hydrogens is 694 g/mol. The summed E-state index contributed by atoms with van der Waals surface area (Å²) in [6.45, 7) is 1.64. The molecule has 0 aliphatic heterocycles. The summed E-state index contributed by atoms with van der Waals surface area (Å²) in [5, 5.41) is 16.1.